The molecule has 2 saturated heterocycles. The van der Waals surface area contributed by atoms with E-state index >= 15 is 0 Å². The van der Waals surface area contributed by atoms with Gasteiger partial charge >= 0.3 is 5.97 Å². The Morgan fingerprint density at radius 3 is 2.71 bits per heavy atom. The van der Waals surface area contributed by atoms with E-state index in [-0.39, 0.29) is 5.97 Å². The lowest BCUT2D eigenvalue weighted by Crippen LogP contribution is -2.54. The van der Waals surface area contributed by atoms with Crippen molar-refractivity contribution in [3.05, 3.63) is 36.0 Å². The van der Waals surface area contributed by atoms with Crippen LogP contribution in [0.25, 0.3) is 10.9 Å². The number of fused-ring (bicyclic) bond motifs is 1. The van der Waals surface area contributed by atoms with Crippen molar-refractivity contribution in [2.45, 2.75) is 25.8 Å². The van der Waals surface area contributed by atoms with Crippen LogP contribution in [0.5, 0.6) is 0 Å². The summed E-state index contributed by atoms with van der Waals surface area (Å²) in [5.41, 5.74) is 2.47. The van der Waals surface area contributed by atoms with Gasteiger partial charge in [0.15, 0.2) is 0 Å². The maximum absolute atomic E-state index is 12.6. The number of anilines is 1. The molecule has 150 valence electrons. The van der Waals surface area contributed by atoms with Crippen LogP contribution >= 0.6 is 0 Å². The first-order valence-corrected chi connectivity index (χ1v) is 10.4. The summed E-state index contributed by atoms with van der Waals surface area (Å²) < 4.78 is 5.31. The molecule has 1 aromatic heterocycles. The molecule has 0 amide bonds. The molecule has 2 aliphatic heterocycles. The van der Waals surface area contributed by atoms with E-state index in [0.717, 1.165) is 49.3 Å². The summed E-state index contributed by atoms with van der Waals surface area (Å²) in [4.78, 5) is 24.5. The molecule has 0 radical (unpaired) electrons. The highest BCUT2D eigenvalue weighted by atomic mass is 16.5. The fraction of sp³-hybridized carbons (Fsp3) is 0.545. The Morgan fingerprint density at radius 1 is 1.18 bits per heavy atom. The van der Waals surface area contributed by atoms with Crippen LogP contribution < -0.4 is 4.90 Å². The molecule has 1 aromatic carbocycles. The summed E-state index contributed by atoms with van der Waals surface area (Å²) in [5.74, 6) is -0.285. The number of likely N-dealkylation sites (tertiary alicyclic amines) is 1. The molecule has 4 rings (SSSR count). The number of aromatic nitrogens is 1. The number of carbonyl (C=O) groups is 1. The molecule has 6 nitrogen and oxygen atoms in total. The molecule has 3 heterocycles. The second-order valence-corrected chi connectivity index (χ2v) is 7.84. The number of pyridine rings is 1. The molecule has 1 atom stereocenters. The molecule has 2 aromatic rings. The van der Waals surface area contributed by atoms with E-state index in [2.05, 4.69) is 32.8 Å². The van der Waals surface area contributed by atoms with E-state index < -0.39 is 0 Å². The zero-order valence-electron chi connectivity index (χ0n) is 16.9. The van der Waals surface area contributed by atoms with Crippen molar-refractivity contribution in [1.82, 2.24) is 14.8 Å². The second kappa shape index (κ2) is 8.45. The Balaban J connectivity index is 1.58. The van der Waals surface area contributed by atoms with Gasteiger partial charge in [0.2, 0.25) is 0 Å². The van der Waals surface area contributed by atoms with Gasteiger partial charge in [-0.3, -0.25) is 9.88 Å². The number of rotatable bonds is 4. The molecule has 0 saturated carbocycles. The monoisotopic (exact) mass is 382 g/mol. The van der Waals surface area contributed by atoms with Crippen LogP contribution in [0.1, 0.15) is 30.1 Å². The van der Waals surface area contributed by atoms with Crippen molar-refractivity contribution in [2.24, 2.45) is 0 Å². The van der Waals surface area contributed by atoms with Crippen molar-refractivity contribution in [2.75, 3.05) is 57.8 Å². The van der Waals surface area contributed by atoms with Crippen LogP contribution in [0.3, 0.4) is 0 Å². The lowest BCUT2D eigenvalue weighted by Gasteiger charge is -2.43. The molecule has 1 unspecified atom stereocenters. The average molecular weight is 383 g/mol. The van der Waals surface area contributed by atoms with E-state index in [4.69, 9.17) is 4.74 Å². The van der Waals surface area contributed by atoms with Crippen molar-refractivity contribution in [3.8, 4) is 0 Å². The summed E-state index contributed by atoms with van der Waals surface area (Å²) in [6.07, 6.45) is 4.25. The number of hydrogen-bond donors (Lipinski definition) is 0. The Bertz CT molecular complexity index is 832. The van der Waals surface area contributed by atoms with Crippen molar-refractivity contribution in [1.29, 1.82) is 0 Å². The smallest absolute Gasteiger partial charge is 0.341 e. The summed E-state index contributed by atoms with van der Waals surface area (Å²) >= 11 is 0. The van der Waals surface area contributed by atoms with Crippen LogP contribution in [0.4, 0.5) is 5.69 Å². The highest BCUT2D eigenvalue weighted by molar-refractivity contribution is 6.05. The molecular formula is C22H30N4O2. The van der Waals surface area contributed by atoms with Gasteiger partial charge in [0, 0.05) is 50.3 Å². The normalized spacial score (nSPS) is 21.8. The van der Waals surface area contributed by atoms with E-state index in [1.807, 2.05) is 25.1 Å². The van der Waals surface area contributed by atoms with Gasteiger partial charge in [-0.15, -0.1) is 0 Å². The molecule has 6 heteroatoms. The van der Waals surface area contributed by atoms with Crippen LogP contribution in [0.2, 0.25) is 0 Å². The number of esters is 1. The predicted molar refractivity (Wildman–Crippen MR) is 112 cm³/mol. The first-order valence-electron chi connectivity index (χ1n) is 10.4. The van der Waals surface area contributed by atoms with Gasteiger partial charge in [-0.05, 0) is 39.4 Å². The summed E-state index contributed by atoms with van der Waals surface area (Å²) in [6.45, 7) is 8.46. The number of nitrogens with zero attached hydrogens (tertiary/aromatic N) is 4. The molecule has 2 aliphatic rings. The molecular weight excluding hydrogens is 352 g/mol. The molecule has 0 spiro atoms. The molecule has 28 heavy (non-hydrogen) atoms. The maximum Gasteiger partial charge on any atom is 0.341 e. The Morgan fingerprint density at radius 2 is 1.96 bits per heavy atom. The molecule has 0 aliphatic carbocycles. The minimum absolute atomic E-state index is 0.285. The third kappa shape index (κ3) is 3.84. The highest BCUT2D eigenvalue weighted by Gasteiger charge is 2.29. The minimum Gasteiger partial charge on any atom is -0.462 e. The zero-order chi connectivity index (χ0) is 19.5. The number of piperidine rings is 1. The van der Waals surface area contributed by atoms with Gasteiger partial charge in [-0.25, -0.2) is 4.79 Å². The van der Waals surface area contributed by atoms with Gasteiger partial charge in [0.1, 0.15) is 5.56 Å². The maximum atomic E-state index is 12.6. The van der Waals surface area contributed by atoms with E-state index in [1.165, 1.54) is 19.4 Å². The van der Waals surface area contributed by atoms with E-state index in [0.29, 0.717) is 18.2 Å². The highest BCUT2D eigenvalue weighted by Crippen LogP contribution is 2.31. The number of likely N-dealkylation sites (N-methyl/N-ethyl adjacent to an activating group) is 1. The average Bonchev–Trinajstić information content (AvgIpc) is 2.73. The van der Waals surface area contributed by atoms with Crippen LogP contribution in [-0.4, -0.2) is 79.7 Å². The first kappa shape index (κ1) is 19.2. The minimum atomic E-state index is -0.285. The Kier molecular flexibility index (Phi) is 5.78. The topological polar surface area (TPSA) is 48.9 Å². The SMILES string of the molecule is CCOC(=O)c1cnc2ccccc2c1N1CCN(C2CCCN(C)C2)CC1. The number of benzene rings is 1. The Labute approximate surface area is 167 Å². The standard InChI is InChI=1S/C22H30N4O2/c1-3-28-22(27)19-15-23-20-9-5-4-8-18(20)21(19)26-13-11-25(12-14-26)17-7-6-10-24(2)16-17/h4-5,8-9,15,17H,3,6-7,10-14,16H2,1-2H3. The van der Waals surface area contributed by atoms with Crippen molar-refractivity contribution >= 4 is 22.6 Å². The summed E-state index contributed by atoms with van der Waals surface area (Å²) in [7, 11) is 2.22. The van der Waals surface area contributed by atoms with Crippen LogP contribution in [0.15, 0.2) is 30.5 Å². The molecule has 2 fully saturated rings. The van der Waals surface area contributed by atoms with E-state index in [1.54, 1.807) is 6.20 Å². The third-order valence-corrected chi connectivity index (χ3v) is 5.99. The Hall–Kier alpha value is -2.18. The van der Waals surface area contributed by atoms with Gasteiger partial charge in [-0.2, -0.15) is 0 Å². The first-order chi connectivity index (χ1) is 13.7. The van der Waals surface area contributed by atoms with Gasteiger partial charge in [-0.1, -0.05) is 18.2 Å². The van der Waals surface area contributed by atoms with Gasteiger partial charge < -0.3 is 14.5 Å². The van der Waals surface area contributed by atoms with Crippen molar-refractivity contribution in [3.63, 3.8) is 0 Å². The number of hydrogen-bond acceptors (Lipinski definition) is 6. The number of para-hydroxylation sites is 1. The van der Waals surface area contributed by atoms with E-state index in [9.17, 15) is 4.79 Å². The quantitative estimate of drug-likeness (QED) is 0.758. The van der Waals surface area contributed by atoms with Crippen molar-refractivity contribution < 1.29 is 9.53 Å². The zero-order valence-corrected chi connectivity index (χ0v) is 16.9. The third-order valence-electron chi connectivity index (χ3n) is 5.99. The van der Waals surface area contributed by atoms with Gasteiger partial charge in [0.25, 0.3) is 0 Å². The fourth-order valence-corrected chi connectivity index (χ4v) is 4.57. The number of piperazine rings is 1. The second-order valence-electron chi connectivity index (χ2n) is 7.84. The lowest BCUT2D eigenvalue weighted by molar-refractivity contribution is 0.0526. The number of carbonyl (C=O) groups excluding carboxylic acids is 1. The molecule has 0 N–H and O–H groups in total. The lowest BCUT2D eigenvalue weighted by atomic mass is 10.0. The number of ether oxygens (including phenoxy) is 1. The van der Waals surface area contributed by atoms with Crippen LogP contribution in [-0.2, 0) is 4.74 Å². The predicted octanol–water partition coefficient (Wildman–Crippen LogP) is 2.63. The summed E-state index contributed by atoms with van der Waals surface area (Å²) in [5, 5.41) is 1.03. The summed E-state index contributed by atoms with van der Waals surface area (Å²) in [6, 6.07) is 8.71. The fourth-order valence-electron chi connectivity index (χ4n) is 4.57. The van der Waals surface area contributed by atoms with Gasteiger partial charge in [0.05, 0.1) is 17.8 Å². The molecule has 0 bridgehead atoms. The van der Waals surface area contributed by atoms with Crippen LogP contribution in [0, 0.1) is 0 Å². The largest absolute Gasteiger partial charge is 0.462 e.